The Hall–Kier alpha value is -2.44. The molecule has 2 aromatic rings. The van der Waals surface area contributed by atoms with E-state index in [-0.39, 0.29) is 17.4 Å². The maximum atomic E-state index is 12.2. The van der Waals surface area contributed by atoms with Crippen LogP contribution in [0.2, 0.25) is 0 Å². The summed E-state index contributed by atoms with van der Waals surface area (Å²) in [5.41, 5.74) is 0.260. The first-order chi connectivity index (χ1) is 9.24. The number of aromatic nitrogens is 3. The Morgan fingerprint density at radius 3 is 3.05 bits per heavy atom. The van der Waals surface area contributed by atoms with Crippen LogP contribution in [0.1, 0.15) is 28.5 Å². The quantitative estimate of drug-likeness (QED) is 0.843. The number of carbonyl (C=O) groups is 1. The molecule has 19 heavy (non-hydrogen) atoms. The predicted octanol–water partition coefficient (Wildman–Crippen LogP) is 0.388. The summed E-state index contributed by atoms with van der Waals surface area (Å²) in [5.74, 6) is 0.657. The molecule has 1 N–H and O–H groups in total. The molecule has 1 aliphatic heterocycles. The first-order valence-electron chi connectivity index (χ1n) is 5.98. The predicted molar refractivity (Wildman–Crippen MR) is 64.6 cm³/mol. The number of nitrogens with zero attached hydrogens (tertiary/aromatic N) is 3. The van der Waals surface area contributed by atoms with Crippen LogP contribution in [0.4, 0.5) is 0 Å². The van der Waals surface area contributed by atoms with E-state index in [0.29, 0.717) is 24.5 Å². The Morgan fingerprint density at radius 1 is 1.47 bits per heavy atom. The lowest BCUT2D eigenvalue weighted by molar-refractivity contribution is 0.0790. The van der Waals surface area contributed by atoms with Crippen molar-refractivity contribution in [1.29, 1.82) is 0 Å². The molecule has 7 heteroatoms. The molecule has 0 spiro atoms. The zero-order chi connectivity index (χ0) is 13.2. The first kappa shape index (κ1) is 11.6. The first-order valence-corrected chi connectivity index (χ1v) is 5.98. The molecule has 2 aromatic heterocycles. The van der Waals surface area contributed by atoms with Crippen molar-refractivity contribution in [2.45, 2.75) is 12.3 Å². The molecule has 0 saturated carbocycles. The second-order valence-electron chi connectivity index (χ2n) is 4.47. The van der Waals surface area contributed by atoms with Crippen LogP contribution in [0, 0.1) is 0 Å². The zero-order valence-electron chi connectivity index (χ0n) is 10.1. The summed E-state index contributed by atoms with van der Waals surface area (Å²) in [6, 6.07) is 2.88. The van der Waals surface area contributed by atoms with E-state index in [4.69, 9.17) is 4.52 Å². The summed E-state index contributed by atoms with van der Waals surface area (Å²) < 4.78 is 4.72. The summed E-state index contributed by atoms with van der Waals surface area (Å²) in [6.45, 7) is 1.22. The number of rotatable bonds is 2. The molecule has 3 heterocycles. The van der Waals surface area contributed by atoms with Crippen molar-refractivity contribution in [3.05, 3.63) is 46.5 Å². The van der Waals surface area contributed by atoms with E-state index in [9.17, 15) is 9.59 Å². The molecule has 1 atom stereocenters. The molecular weight excluding hydrogens is 248 g/mol. The van der Waals surface area contributed by atoms with Gasteiger partial charge in [-0.3, -0.25) is 9.59 Å². The van der Waals surface area contributed by atoms with Gasteiger partial charge in [0.25, 0.3) is 5.91 Å². The minimum absolute atomic E-state index is 0.0951. The van der Waals surface area contributed by atoms with E-state index >= 15 is 0 Å². The summed E-state index contributed by atoms with van der Waals surface area (Å²) in [4.78, 5) is 31.4. The third-order valence-corrected chi connectivity index (χ3v) is 3.25. The van der Waals surface area contributed by atoms with Crippen LogP contribution in [-0.2, 0) is 0 Å². The van der Waals surface area contributed by atoms with Crippen LogP contribution < -0.4 is 5.56 Å². The molecule has 7 nitrogen and oxygen atoms in total. The van der Waals surface area contributed by atoms with Gasteiger partial charge >= 0.3 is 0 Å². The Bertz CT molecular complexity index is 614. The molecule has 1 unspecified atom stereocenters. The van der Waals surface area contributed by atoms with E-state index in [2.05, 4.69) is 15.1 Å². The monoisotopic (exact) mass is 260 g/mol. The maximum absolute atomic E-state index is 12.2. The van der Waals surface area contributed by atoms with Crippen molar-refractivity contribution >= 4 is 5.91 Å². The van der Waals surface area contributed by atoms with Crippen LogP contribution in [0.25, 0.3) is 0 Å². The van der Waals surface area contributed by atoms with E-state index in [0.717, 1.165) is 6.42 Å². The zero-order valence-corrected chi connectivity index (χ0v) is 10.1. The van der Waals surface area contributed by atoms with Crippen molar-refractivity contribution < 1.29 is 9.32 Å². The van der Waals surface area contributed by atoms with Crippen molar-refractivity contribution in [1.82, 2.24) is 20.0 Å². The Labute approximate surface area is 108 Å². The molecule has 0 radical (unpaired) electrons. The highest BCUT2D eigenvalue weighted by molar-refractivity contribution is 5.94. The molecule has 1 amide bonds. The maximum Gasteiger partial charge on any atom is 0.255 e. The second-order valence-corrected chi connectivity index (χ2v) is 4.47. The van der Waals surface area contributed by atoms with Crippen molar-refractivity contribution in [2.24, 2.45) is 0 Å². The molecule has 1 fully saturated rings. The van der Waals surface area contributed by atoms with Gasteiger partial charge in [-0.15, -0.1) is 0 Å². The van der Waals surface area contributed by atoms with Gasteiger partial charge in [0.15, 0.2) is 5.82 Å². The van der Waals surface area contributed by atoms with Crippen molar-refractivity contribution in [3.8, 4) is 0 Å². The Kier molecular flexibility index (Phi) is 2.86. The van der Waals surface area contributed by atoms with Gasteiger partial charge in [-0.05, 0) is 12.5 Å². The number of hydrogen-bond acceptors (Lipinski definition) is 5. The molecule has 0 bridgehead atoms. The van der Waals surface area contributed by atoms with E-state index < -0.39 is 0 Å². The number of likely N-dealkylation sites (tertiary alicyclic amines) is 1. The van der Waals surface area contributed by atoms with Gasteiger partial charge in [-0.25, -0.2) is 0 Å². The third kappa shape index (κ3) is 2.26. The fourth-order valence-electron chi connectivity index (χ4n) is 2.24. The molecule has 1 saturated heterocycles. The number of nitrogens with one attached hydrogen (secondary N) is 1. The standard InChI is InChI=1S/C12H12N4O3/c17-10-2-1-8(5-13-10)12(18)16-4-3-9(6-16)11-14-7-19-15-11/h1-2,5,7,9H,3-4,6H2,(H,13,17). The lowest BCUT2D eigenvalue weighted by Gasteiger charge is -2.15. The number of aromatic amines is 1. The number of amides is 1. The van der Waals surface area contributed by atoms with Gasteiger partial charge in [0.05, 0.1) is 5.56 Å². The minimum atomic E-state index is -0.220. The van der Waals surface area contributed by atoms with Gasteiger partial charge in [0, 0.05) is 31.3 Å². The summed E-state index contributed by atoms with van der Waals surface area (Å²) >= 11 is 0. The smallest absolute Gasteiger partial charge is 0.255 e. The van der Waals surface area contributed by atoms with Crippen LogP contribution >= 0.6 is 0 Å². The summed E-state index contributed by atoms with van der Waals surface area (Å²) in [7, 11) is 0. The van der Waals surface area contributed by atoms with E-state index in [1.54, 1.807) is 4.90 Å². The van der Waals surface area contributed by atoms with Crippen LogP contribution in [0.3, 0.4) is 0 Å². The van der Waals surface area contributed by atoms with Crippen LogP contribution in [-0.4, -0.2) is 39.0 Å². The largest absolute Gasteiger partial charge is 0.343 e. The second kappa shape index (κ2) is 4.68. The van der Waals surface area contributed by atoms with Gasteiger partial charge in [-0.1, -0.05) is 5.16 Å². The molecule has 0 aliphatic carbocycles. The molecule has 0 aromatic carbocycles. The average molecular weight is 260 g/mol. The normalized spacial score (nSPS) is 18.7. The highest BCUT2D eigenvalue weighted by atomic mass is 16.5. The van der Waals surface area contributed by atoms with Gasteiger partial charge in [0.1, 0.15) is 0 Å². The third-order valence-electron chi connectivity index (χ3n) is 3.25. The molecule has 3 rings (SSSR count). The molecule has 98 valence electrons. The Balaban J connectivity index is 1.72. The fraction of sp³-hybridized carbons (Fsp3) is 0.333. The van der Waals surface area contributed by atoms with Crippen LogP contribution in [0.5, 0.6) is 0 Å². The lowest BCUT2D eigenvalue weighted by Crippen LogP contribution is -2.29. The minimum Gasteiger partial charge on any atom is -0.343 e. The highest BCUT2D eigenvalue weighted by Gasteiger charge is 2.30. The Morgan fingerprint density at radius 2 is 2.37 bits per heavy atom. The highest BCUT2D eigenvalue weighted by Crippen LogP contribution is 2.25. The van der Waals surface area contributed by atoms with Crippen molar-refractivity contribution in [3.63, 3.8) is 0 Å². The van der Waals surface area contributed by atoms with Gasteiger partial charge in [0.2, 0.25) is 12.0 Å². The van der Waals surface area contributed by atoms with Gasteiger partial charge < -0.3 is 14.4 Å². The summed E-state index contributed by atoms with van der Waals surface area (Å²) in [5, 5.41) is 3.80. The number of carbonyl (C=O) groups excluding carboxylic acids is 1. The number of H-pyrrole nitrogens is 1. The number of hydrogen-bond donors (Lipinski definition) is 1. The van der Waals surface area contributed by atoms with Crippen molar-refractivity contribution in [2.75, 3.05) is 13.1 Å². The van der Waals surface area contributed by atoms with E-state index in [1.807, 2.05) is 0 Å². The lowest BCUT2D eigenvalue weighted by atomic mass is 10.1. The molecule has 1 aliphatic rings. The fourth-order valence-corrected chi connectivity index (χ4v) is 2.24. The molecular formula is C12H12N4O3. The van der Waals surface area contributed by atoms with Crippen LogP contribution in [0.15, 0.2) is 34.0 Å². The van der Waals surface area contributed by atoms with Gasteiger partial charge in [-0.2, -0.15) is 4.98 Å². The SMILES string of the molecule is O=C(c1ccc(=O)[nH]c1)N1CCC(c2ncon2)C1. The van der Waals surface area contributed by atoms with E-state index in [1.165, 1.54) is 24.7 Å². The average Bonchev–Trinajstić information content (AvgIpc) is 3.10. The summed E-state index contributed by atoms with van der Waals surface area (Å²) in [6.07, 6.45) is 3.54. The number of pyridine rings is 1. The topological polar surface area (TPSA) is 92.1 Å².